The fourth-order valence-electron chi connectivity index (χ4n) is 3.08. The van der Waals surface area contributed by atoms with Gasteiger partial charge in [-0.05, 0) is 50.7 Å². The van der Waals surface area contributed by atoms with E-state index >= 15 is 0 Å². The molecule has 1 atom stereocenters. The fourth-order valence-corrected chi connectivity index (χ4v) is 3.08. The average Bonchev–Trinajstić information content (AvgIpc) is 2.68. The van der Waals surface area contributed by atoms with E-state index in [4.69, 9.17) is 9.47 Å². The van der Waals surface area contributed by atoms with Crippen molar-refractivity contribution in [2.45, 2.75) is 26.3 Å². The maximum atomic E-state index is 12.7. The molecule has 0 spiro atoms. The van der Waals surface area contributed by atoms with Crippen molar-refractivity contribution in [3.05, 3.63) is 58.7 Å². The number of hydrogen-bond donors (Lipinski definition) is 1. The summed E-state index contributed by atoms with van der Waals surface area (Å²) in [5.74, 6) is 1.13. The van der Waals surface area contributed by atoms with Gasteiger partial charge in [-0.25, -0.2) is 0 Å². The summed E-state index contributed by atoms with van der Waals surface area (Å²) in [6.07, 6.45) is 1.01. The Morgan fingerprint density at radius 3 is 2.07 bits per heavy atom. The molecule has 2 aromatic rings. The smallest absolute Gasteiger partial charge is 0.251 e. The summed E-state index contributed by atoms with van der Waals surface area (Å²) in [6.45, 7) is 4.56. The zero-order valence-corrected chi connectivity index (χ0v) is 17.1. The SMILES string of the molecule is CCc1ccc(C(CNC(=O)c2cc(OC)c(C)c(OC)c2)N(C)C)cc1. The number of hydrogen-bond acceptors (Lipinski definition) is 4. The molecule has 0 fully saturated rings. The number of likely N-dealkylation sites (N-methyl/N-ethyl adjacent to an activating group) is 1. The minimum atomic E-state index is -0.149. The number of aryl methyl sites for hydroxylation is 1. The quantitative estimate of drug-likeness (QED) is 0.771. The molecule has 5 nitrogen and oxygen atoms in total. The summed E-state index contributed by atoms with van der Waals surface area (Å²) in [5, 5.41) is 3.04. The third-order valence-electron chi connectivity index (χ3n) is 4.87. The highest BCUT2D eigenvalue weighted by Crippen LogP contribution is 2.29. The Bertz CT molecular complexity index is 745. The van der Waals surface area contributed by atoms with Crippen LogP contribution in [0.15, 0.2) is 36.4 Å². The first-order valence-electron chi connectivity index (χ1n) is 9.17. The van der Waals surface area contributed by atoms with Crippen LogP contribution in [0.4, 0.5) is 0 Å². The third-order valence-corrected chi connectivity index (χ3v) is 4.87. The number of amides is 1. The molecule has 0 saturated carbocycles. The Hall–Kier alpha value is -2.53. The van der Waals surface area contributed by atoms with Crippen molar-refractivity contribution in [3.8, 4) is 11.5 Å². The molecule has 5 heteroatoms. The van der Waals surface area contributed by atoms with Gasteiger partial charge in [0.1, 0.15) is 11.5 Å². The van der Waals surface area contributed by atoms with Gasteiger partial charge in [0, 0.05) is 17.7 Å². The van der Waals surface area contributed by atoms with Crippen LogP contribution in [0.1, 0.15) is 40.0 Å². The molecule has 2 rings (SSSR count). The first kappa shape index (κ1) is 20.8. The van der Waals surface area contributed by atoms with Crippen LogP contribution in [-0.2, 0) is 6.42 Å². The van der Waals surface area contributed by atoms with Crippen molar-refractivity contribution in [3.63, 3.8) is 0 Å². The van der Waals surface area contributed by atoms with Gasteiger partial charge in [-0.2, -0.15) is 0 Å². The number of methoxy groups -OCH3 is 2. The maximum absolute atomic E-state index is 12.7. The largest absolute Gasteiger partial charge is 0.496 e. The van der Waals surface area contributed by atoms with Crippen LogP contribution < -0.4 is 14.8 Å². The Kier molecular flexibility index (Phi) is 7.25. The summed E-state index contributed by atoms with van der Waals surface area (Å²) in [7, 11) is 7.21. The average molecular weight is 370 g/mol. The van der Waals surface area contributed by atoms with E-state index < -0.39 is 0 Å². The number of carbonyl (C=O) groups excluding carboxylic acids is 1. The van der Waals surface area contributed by atoms with Gasteiger partial charge < -0.3 is 19.7 Å². The van der Waals surface area contributed by atoms with E-state index in [2.05, 4.69) is 41.4 Å². The molecule has 0 radical (unpaired) electrons. The number of nitrogens with one attached hydrogen (secondary N) is 1. The van der Waals surface area contributed by atoms with Gasteiger partial charge in [-0.1, -0.05) is 31.2 Å². The van der Waals surface area contributed by atoms with Crippen LogP contribution in [0.25, 0.3) is 0 Å². The second kappa shape index (κ2) is 9.42. The molecule has 2 aromatic carbocycles. The zero-order valence-electron chi connectivity index (χ0n) is 17.1. The molecule has 0 bridgehead atoms. The molecule has 27 heavy (non-hydrogen) atoms. The monoisotopic (exact) mass is 370 g/mol. The molecule has 146 valence electrons. The van der Waals surface area contributed by atoms with Gasteiger partial charge >= 0.3 is 0 Å². The van der Waals surface area contributed by atoms with Crippen LogP contribution in [0.3, 0.4) is 0 Å². The van der Waals surface area contributed by atoms with Gasteiger partial charge in [-0.3, -0.25) is 4.79 Å². The third kappa shape index (κ3) is 5.01. The molecule has 1 unspecified atom stereocenters. The van der Waals surface area contributed by atoms with E-state index in [0.717, 1.165) is 12.0 Å². The van der Waals surface area contributed by atoms with E-state index in [1.165, 1.54) is 11.1 Å². The Labute approximate surface area is 162 Å². The van der Waals surface area contributed by atoms with Crippen molar-refractivity contribution in [1.29, 1.82) is 0 Å². The van der Waals surface area contributed by atoms with Gasteiger partial charge in [-0.15, -0.1) is 0 Å². The Morgan fingerprint density at radius 2 is 1.63 bits per heavy atom. The summed E-state index contributed by atoms with van der Waals surface area (Å²) < 4.78 is 10.7. The van der Waals surface area contributed by atoms with Crippen LogP contribution in [0.2, 0.25) is 0 Å². The van der Waals surface area contributed by atoms with Gasteiger partial charge in [0.25, 0.3) is 5.91 Å². The molecule has 0 heterocycles. The standard InChI is InChI=1S/C22H30N2O3/c1-7-16-8-10-17(11-9-16)19(24(3)4)14-23-22(25)18-12-20(26-5)15(2)21(13-18)27-6/h8-13,19H,7,14H2,1-6H3,(H,23,25). The lowest BCUT2D eigenvalue weighted by Crippen LogP contribution is -2.34. The summed E-state index contributed by atoms with van der Waals surface area (Å²) >= 11 is 0. The first-order chi connectivity index (χ1) is 12.9. The van der Waals surface area contributed by atoms with Crippen LogP contribution >= 0.6 is 0 Å². The second-order valence-electron chi connectivity index (χ2n) is 6.79. The van der Waals surface area contributed by atoms with Crippen molar-refractivity contribution >= 4 is 5.91 Å². The molecular weight excluding hydrogens is 340 g/mol. The van der Waals surface area contributed by atoms with Gasteiger partial charge in [0.2, 0.25) is 0 Å². The molecule has 0 saturated heterocycles. The molecule has 0 aliphatic carbocycles. The van der Waals surface area contributed by atoms with Gasteiger partial charge in [0.15, 0.2) is 0 Å². The predicted molar refractivity (Wildman–Crippen MR) is 109 cm³/mol. The normalized spacial score (nSPS) is 12.0. The van der Waals surface area contributed by atoms with E-state index in [0.29, 0.717) is 23.6 Å². The number of benzene rings is 2. The van der Waals surface area contributed by atoms with Crippen LogP contribution in [-0.4, -0.2) is 45.7 Å². The minimum Gasteiger partial charge on any atom is -0.496 e. The van der Waals surface area contributed by atoms with Crippen molar-refractivity contribution in [1.82, 2.24) is 10.2 Å². The highest BCUT2D eigenvalue weighted by molar-refractivity contribution is 5.95. The Morgan fingerprint density at radius 1 is 1.07 bits per heavy atom. The van der Waals surface area contributed by atoms with E-state index in [1.807, 2.05) is 21.0 Å². The number of rotatable bonds is 8. The van der Waals surface area contributed by atoms with Crippen molar-refractivity contribution in [2.24, 2.45) is 0 Å². The minimum absolute atomic E-state index is 0.0918. The molecule has 0 aliphatic rings. The lowest BCUT2D eigenvalue weighted by atomic mass is 10.0. The van der Waals surface area contributed by atoms with Crippen LogP contribution in [0, 0.1) is 6.92 Å². The Balaban J connectivity index is 2.16. The van der Waals surface area contributed by atoms with Crippen LogP contribution in [0.5, 0.6) is 11.5 Å². The van der Waals surface area contributed by atoms with Gasteiger partial charge in [0.05, 0.1) is 20.3 Å². The first-order valence-corrected chi connectivity index (χ1v) is 9.17. The molecule has 0 aliphatic heterocycles. The maximum Gasteiger partial charge on any atom is 0.251 e. The molecule has 1 N–H and O–H groups in total. The lowest BCUT2D eigenvalue weighted by Gasteiger charge is -2.25. The number of nitrogens with zero attached hydrogens (tertiary/aromatic N) is 1. The predicted octanol–water partition coefficient (Wildman–Crippen LogP) is 3.61. The number of ether oxygens (including phenoxy) is 2. The number of carbonyl (C=O) groups is 1. The lowest BCUT2D eigenvalue weighted by molar-refractivity contribution is 0.0941. The van der Waals surface area contributed by atoms with E-state index in [9.17, 15) is 4.79 Å². The zero-order chi connectivity index (χ0) is 20.0. The topological polar surface area (TPSA) is 50.8 Å². The summed E-state index contributed by atoms with van der Waals surface area (Å²) in [4.78, 5) is 14.8. The van der Waals surface area contributed by atoms with E-state index in [1.54, 1.807) is 26.4 Å². The fraction of sp³-hybridized carbons (Fsp3) is 0.409. The summed E-state index contributed by atoms with van der Waals surface area (Å²) in [5.41, 5.74) is 3.88. The molecule has 0 aromatic heterocycles. The van der Waals surface area contributed by atoms with Crippen molar-refractivity contribution in [2.75, 3.05) is 34.9 Å². The summed E-state index contributed by atoms with van der Waals surface area (Å²) in [6, 6.07) is 12.1. The molecular formula is C22H30N2O3. The van der Waals surface area contributed by atoms with E-state index in [-0.39, 0.29) is 11.9 Å². The highest BCUT2D eigenvalue weighted by Gasteiger charge is 2.18. The molecule has 1 amide bonds. The second-order valence-corrected chi connectivity index (χ2v) is 6.79. The van der Waals surface area contributed by atoms with Crippen molar-refractivity contribution < 1.29 is 14.3 Å². The highest BCUT2D eigenvalue weighted by atomic mass is 16.5.